The van der Waals surface area contributed by atoms with Gasteiger partial charge in [0.1, 0.15) is 35.1 Å². The van der Waals surface area contributed by atoms with Crippen LogP contribution >= 0.6 is 34.9 Å². The summed E-state index contributed by atoms with van der Waals surface area (Å²) in [5, 5.41) is 27.3. The maximum atomic E-state index is 13.1. The van der Waals surface area contributed by atoms with E-state index in [-0.39, 0.29) is 35.4 Å². The van der Waals surface area contributed by atoms with E-state index in [2.05, 4.69) is 20.4 Å². The number of aliphatic hydroxyl groups is 1. The van der Waals surface area contributed by atoms with E-state index in [1.54, 1.807) is 6.20 Å². The summed E-state index contributed by atoms with van der Waals surface area (Å²) in [5.41, 5.74) is 6.93. The molecule has 16 heteroatoms. The number of pyridine rings is 1. The molecule has 0 bridgehead atoms. The van der Waals surface area contributed by atoms with Gasteiger partial charge in [-0.15, -0.1) is 34.9 Å². The van der Waals surface area contributed by atoms with Crippen LogP contribution in [0, 0.1) is 0 Å². The van der Waals surface area contributed by atoms with Gasteiger partial charge in [-0.05, 0) is 17.7 Å². The zero-order valence-corrected chi connectivity index (χ0v) is 22.0. The average Bonchev–Trinajstić information content (AvgIpc) is 3.57. The van der Waals surface area contributed by atoms with Crippen molar-refractivity contribution in [1.29, 1.82) is 0 Å². The van der Waals surface area contributed by atoms with E-state index in [4.69, 9.17) is 15.7 Å². The highest BCUT2D eigenvalue weighted by atomic mass is 32.2. The summed E-state index contributed by atoms with van der Waals surface area (Å²) >= 11 is 3.92. The summed E-state index contributed by atoms with van der Waals surface area (Å²) in [5.74, 6) is -1.74. The number of nitrogens with one attached hydrogen (secondary N) is 1. The maximum Gasteiger partial charge on any atom is 0.352 e. The summed E-state index contributed by atoms with van der Waals surface area (Å²) in [6.45, 7) is -0.456. The fourth-order valence-corrected chi connectivity index (χ4v) is 7.01. The highest BCUT2D eigenvalue weighted by Crippen LogP contribution is 2.41. The second-order valence-corrected chi connectivity index (χ2v) is 11.0. The number of hydrogen-bond acceptors (Lipinski definition) is 12. The Morgan fingerprint density at radius 2 is 2.21 bits per heavy atom. The first-order valence-electron chi connectivity index (χ1n) is 11.2. The molecule has 0 aromatic carbocycles. The molecule has 198 valence electrons. The van der Waals surface area contributed by atoms with Crippen molar-refractivity contribution in [2.45, 2.75) is 16.4 Å². The Morgan fingerprint density at radius 1 is 1.37 bits per heavy atom. The lowest BCUT2D eigenvalue weighted by Crippen LogP contribution is -2.71. The Labute approximate surface area is 227 Å². The molecule has 1 saturated heterocycles. The smallest absolute Gasteiger partial charge is 0.352 e. The lowest BCUT2D eigenvalue weighted by atomic mass is 10.0. The number of aliphatic hydroxyl groups excluding tert-OH is 1. The van der Waals surface area contributed by atoms with Gasteiger partial charge in [0, 0.05) is 29.3 Å². The molecule has 1 fully saturated rings. The van der Waals surface area contributed by atoms with Crippen LogP contribution < -0.4 is 11.1 Å². The van der Waals surface area contributed by atoms with Gasteiger partial charge < -0.3 is 26.1 Å². The van der Waals surface area contributed by atoms with Gasteiger partial charge in [0.2, 0.25) is 0 Å². The van der Waals surface area contributed by atoms with Crippen LogP contribution in [-0.4, -0.2) is 89.1 Å². The van der Waals surface area contributed by atoms with Crippen molar-refractivity contribution >= 4 is 69.1 Å². The van der Waals surface area contributed by atoms with E-state index >= 15 is 0 Å². The predicted molar refractivity (Wildman–Crippen MR) is 142 cm³/mol. The van der Waals surface area contributed by atoms with Gasteiger partial charge in [0.05, 0.1) is 11.6 Å². The number of anilines is 1. The van der Waals surface area contributed by atoms with Gasteiger partial charge in [-0.3, -0.25) is 18.9 Å². The number of thioether (sulfide) groups is 2. The van der Waals surface area contributed by atoms with Crippen LogP contribution in [-0.2, 0) is 19.2 Å². The van der Waals surface area contributed by atoms with Crippen molar-refractivity contribution in [3.05, 3.63) is 52.9 Å². The molecule has 0 spiro atoms. The Morgan fingerprint density at radius 3 is 2.95 bits per heavy atom. The largest absolute Gasteiger partial charge is 0.477 e. The Balaban J connectivity index is 1.32. The molecule has 5 heterocycles. The summed E-state index contributed by atoms with van der Waals surface area (Å²) < 4.78 is 1.91. The maximum absolute atomic E-state index is 13.1. The fraction of sp³-hybridized carbons (Fsp3) is 0.273. The monoisotopic (exact) mass is 575 g/mol. The van der Waals surface area contributed by atoms with Gasteiger partial charge in [-0.2, -0.15) is 0 Å². The van der Waals surface area contributed by atoms with Crippen LogP contribution in [0.2, 0.25) is 0 Å². The van der Waals surface area contributed by atoms with Crippen molar-refractivity contribution in [2.75, 3.05) is 30.5 Å². The lowest BCUT2D eigenvalue weighted by Gasteiger charge is -2.49. The van der Waals surface area contributed by atoms with Crippen LogP contribution in [0.25, 0.3) is 5.65 Å². The van der Waals surface area contributed by atoms with E-state index in [9.17, 15) is 19.5 Å². The number of oxime groups is 1. The lowest BCUT2D eigenvalue weighted by molar-refractivity contribution is -0.150. The first-order chi connectivity index (χ1) is 18.4. The third-order valence-electron chi connectivity index (χ3n) is 5.64. The Hall–Kier alpha value is -3.60. The number of β-lactam (4-membered cyclic amide) rings is 1. The van der Waals surface area contributed by atoms with Gasteiger partial charge in [-0.1, -0.05) is 11.2 Å². The SMILES string of the molecule is Nc1nc(/C(=N/OCCO)C(=O)N[C@@H]2C(=O)N3C(C(=O)O)=C(CSc4cccc5nccn45)CS[C@H]23)cs1. The molecule has 0 aliphatic carbocycles. The molecule has 0 unspecified atom stereocenters. The molecule has 3 aromatic rings. The number of carboxylic acid groups (broad SMARTS) is 1. The summed E-state index contributed by atoms with van der Waals surface area (Å²) in [6, 6.07) is 4.70. The predicted octanol–water partition coefficient (Wildman–Crippen LogP) is 0.617. The molecule has 0 radical (unpaired) electrons. The highest BCUT2D eigenvalue weighted by molar-refractivity contribution is 8.01. The minimum absolute atomic E-state index is 0.0676. The number of hydrogen-bond donors (Lipinski definition) is 4. The molecule has 2 aliphatic rings. The summed E-state index contributed by atoms with van der Waals surface area (Å²) in [4.78, 5) is 52.8. The van der Waals surface area contributed by atoms with E-state index in [1.807, 2.05) is 28.8 Å². The molecule has 5 rings (SSSR count). The minimum Gasteiger partial charge on any atom is -0.477 e. The number of rotatable bonds is 10. The first-order valence-corrected chi connectivity index (χ1v) is 14.1. The van der Waals surface area contributed by atoms with Crippen molar-refractivity contribution in [3.8, 4) is 0 Å². The topological polar surface area (TPSA) is 185 Å². The standard InChI is InChI=1S/C22H21N7O6S3/c23-22-25-12(10-38-22)15(27-35-7-6-30)18(31)26-16-19(32)29-17(21(33)34)11(9-37-20(16)29)8-36-14-3-1-2-13-24-4-5-28(13)14/h1-5,10,16,20,30H,6-9H2,(H2,23,25)(H,26,31)(H,33,34)/b27-15-/t16-,20-/m1/s1. The quantitative estimate of drug-likeness (QED) is 0.0873. The van der Waals surface area contributed by atoms with E-state index in [0.29, 0.717) is 17.1 Å². The first kappa shape index (κ1) is 26.0. The van der Waals surface area contributed by atoms with Gasteiger partial charge in [0.15, 0.2) is 10.8 Å². The number of carbonyl (C=O) groups excluding carboxylic acids is 2. The number of aliphatic carboxylic acids is 1. The van der Waals surface area contributed by atoms with Crippen molar-refractivity contribution in [2.24, 2.45) is 5.16 Å². The van der Waals surface area contributed by atoms with Gasteiger partial charge in [0.25, 0.3) is 11.8 Å². The molecule has 38 heavy (non-hydrogen) atoms. The van der Waals surface area contributed by atoms with Crippen LogP contribution in [0.3, 0.4) is 0 Å². The third-order valence-corrected chi connectivity index (χ3v) is 8.77. The zero-order valence-electron chi connectivity index (χ0n) is 19.5. The molecular weight excluding hydrogens is 554 g/mol. The number of thiazole rings is 1. The number of imidazole rings is 1. The average molecular weight is 576 g/mol. The van der Waals surface area contributed by atoms with Gasteiger partial charge in [-0.25, -0.2) is 14.8 Å². The number of nitrogens with two attached hydrogens (primary N) is 1. The van der Waals surface area contributed by atoms with Gasteiger partial charge >= 0.3 is 5.97 Å². The Kier molecular flexibility index (Phi) is 7.55. The molecule has 5 N–H and O–H groups in total. The number of aromatic nitrogens is 3. The van der Waals surface area contributed by atoms with E-state index < -0.39 is 29.2 Å². The van der Waals surface area contributed by atoms with E-state index in [0.717, 1.165) is 22.0 Å². The molecule has 0 saturated carbocycles. The number of fused-ring (bicyclic) bond motifs is 2. The normalized spacial score (nSPS) is 19.3. The number of nitrogen functional groups attached to an aromatic ring is 1. The second-order valence-electron chi connectivity index (χ2n) is 7.99. The molecule has 2 amide bonds. The number of carbonyl (C=O) groups is 3. The minimum atomic E-state index is -1.21. The van der Waals surface area contributed by atoms with Crippen LogP contribution in [0.15, 0.2) is 57.4 Å². The summed E-state index contributed by atoms with van der Waals surface area (Å²) in [7, 11) is 0. The Bertz CT molecular complexity index is 1470. The molecule has 2 aliphatic heterocycles. The second kappa shape index (κ2) is 11.0. The number of carboxylic acids is 1. The highest BCUT2D eigenvalue weighted by Gasteiger charge is 2.54. The van der Waals surface area contributed by atoms with Crippen molar-refractivity contribution < 1.29 is 29.4 Å². The van der Waals surface area contributed by atoms with Crippen LogP contribution in [0.4, 0.5) is 5.13 Å². The van der Waals surface area contributed by atoms with E-state index in [1.165, 1.54) is 33.8 Å². The zero-order chi connectivity index (χ0) is 26.8. The van der Waals surface area contributed by atoms with Crippen LogP contribution in [0.1, 0.15) is 5.69 Å². The fourth-order valence-electron chi connectivity index (χ4n) is 3.96. The van der Waals surface area contributed by atoms with Crippen LogP contribution in [0.5, 0.6) is 0 Å². The van der Waals surface area contributed by atoms with Crippen molar-refractivity contribution in [1.82, 2.24) is 24.6 Å². The molecule has 2 atom stereocenters. The number of amides is 2. The number of nitrogens with zero attached hydrogens (tertiary/aromatic N) is 5. The summed E-state index contributed by atoms with van der Waals surface area (Å²) in [6.07, 6.45) is 3.52. The van der Waals surface area contributed by atoms with Crippen molar-refractivity contribution in [3.63, 3.8) is 0 Å². The molecule has 3 aromatic heterocycles. The third kappa shape index (κ3) is 4.94. The molecule has 13 nitrogen and oxygen atoms in total. The molecular formula is C22H21N7O6S3.